The number of fused-ring (bicyclic) bond motifs is 7. The van der Waals surface area contributed by atoms with Crippen molar-refractivity contribution in [2.75, 3.05) is 0 Å². The molecule has 0 saturated carbocycles. The van der Waals surface area contributed by atoms with E-state index < -0.39 is 0 Å². The molecule has 134 valence electrons. The van der Waals surface area contributed by atoms with Crippen molar-refractivity contribution in [3.05, 3.63) is 101 Å². The van der Waals surface area contributed by atoms with Crippen LogP contribution in [0.5, 0.6) is 0 Å². The summed E-state index contributed by atoms with van der Waals surface area (Å²) in [5, 5.41) is 17.8. The molecule has 0 atom stereocenters. The van der Waals surface area contributed by atoms with Crippen molar-refractivity contribution in [2.45, 2.75) is 0 Å². The lowest BCUT2D eigenvalue weighted by Gasteiger charge is -2.02. The zero-order chi connectivity index (χ0) is 19.1. The first kappa shape index (κ1) is 16.3. The Hall–Kier alpha value is -3.92. The van der Waals surface area contributed by atoms with Gasteiger partial charge in [0.25, 0.3) is 5.69 Å². The van der Waals surface area contributed by atoms with Crippen LogP contribution in [-0.2, 0) is 0 Å². The van der Waals surface area contributed by atoms with E-state index in [2.05, 4.69) is 23.2 Å². The van der Waals surface area contributed by atoms with E-state index in [4.69, 9.17) is 0 Å². The number of aromatic nitrogens is 1. The fourth-order valence-corrected chi connectivity index (χ4v) is 3.92. The van der Waals surface area contributed by atoms with Gasteiger partial charge in [0.15, 0.2) is 0 Å². The van der Waals surface area contributed by atoms with Crippen molar-refractivity contribution in [1.82, 2.24) is 4.98 Å². The second kappa shape index (κ2) is 6.35. The number of nitro groups is 1. The van der Waals surface area contributed by atoms with E-state index in [-0.39, 0.29) is 10.6 Å². The highest BCUT2D eigenvalue weighted by molar-refractivity contribution is 6.19. The molecular weight excluding hydrogens is 348 g/mol. The van der Waals surface area contributed by atoms with Gasteiger partial charge in [-0.2, -0.15) is 0 Å². The van der Waals surface area contributed by atoms with Gasteiger partial charge in [0.05, 0.1) is 4.92 Å². The van der Waals surface area contributed by atoms with E-state index in [1.54, 1.807) is 12.1 Å². The number of hydrogen-bond donors (Lipinski definition) is 1. The van der Waals surface area contributed by atoms with Crippen LogP contribution in [0.15, 0.2) is 91.0 Å². The van der Waals surface area contributed by atoms with Crippen LogP contribution in [0.3, 0.4) is 0 Å². The number of nitrogens with one attached hydrogen (secondary N) is 1. The number of rotatable bonds is 1. The molecule has 0 radical (unpaired) electrons. The van der Waals surface area contributed by atoms with Gasteiger partial charge in [0.2, 0.25) is 0 Å². The summed E-state index contributed by atoms with van der Waals surface area (Å²) in [4.78, 5) is 14.8. The van der Waals surface area contributed by atoms with Crippen LogP contribution in [0, 0.1) is 10.1 Å². The van der Waals surface area contributed by atoms with Gasteiger partial charge >= 0.3 is 0 Å². The SMILES string of the molecule is O=[N+]([O-])c1cccc2c1[nH]c1ccccc1c1ccccc1c1ccccc21. The molecule has 0 amide bonds. The zero-order valence-electron chi connectivity index (χ0n) is 14.9. The molecule has 4 nitrogen and oxygen atoms in total. The minimum absolute atomic E-state index is 0.0630. The van der Waals surface area contributed by atoms with E-state index in [1.807, 2.05) is 60.7 Å². The molecule has 0 fully saturated rings. The lowest BCUT2D eigenvalue weighted by atomic mass is 10.0. The normalized spacial score (nSPS) is 11.1. The van der Waals surface area contributed by atoms with Crippen LogP contribution in [0.2, 0.25) is 0 Å². The summed E-state index contributed by atoms with van der Waals surface area (Å²) < 4.78 is 0. The summed E-state index contributed by atoms with van der Waals surface area (Å²) in [7, 11) is 0. The largest absolute Gasteiger partial charge is 0.349 e. The average molecular weight is 364 g/mol. The number of H-pyrrole nitrogens is 1. The van der Waals surface area contributed by atoms with Crippen LogP contribution < -0.4 is 0 Å². The van der Waals surface area contributed by atoms with Gasteiger partial charge < -0.3 is 4.98 Å². The third-order valence-electron chi connectivity index (χ3n) is 5.15. The summed E-state index contributed by atoms with van der Waals surface area (Å²) in [5.74, 6) is 0. The van der Waals surface area contributed by atoms with E-state index in [0.29, 0.717) is 5.52 Å². The molecule has 0 unspecified atom stereocenters. The minimum atomic E-state index is -0.331. The molecule has 28 heavy (non-hydrogen) atoms. The van der Waals surface area contributed by atoms with Gasteiger partial charge in [0, 0.05) is 22.4 Å². The van der Waals surface area contributed by atoms with E-state index in [0.717, 1.165) is 37.8 Å². The van der Waals surface area contributed by atoms with E-state index >= 15 is 0 Å². The van der Waals surface area contributed by atoms with Crippen molar-refractivity contribution in [1.29, 1.82) is 0 Å². The predicted octanol–water partition coefficient (Wildman–Crippen LogP) is 6.66. The van der Waals surface area contributed by atoms with Crippen LogP contribution in [0.25, 0.3) is 43.4 Å². The molecule has 1 heterocycles. The van der Waals surface area contributed by atoms with E-state index in [9.17, 15) is 10.1 Å². The van der Waals surface area contributed by atoms with E-state index in [1.165, 1.54) is 0 Å². The minimum Gasteiger partial charge on any atom is -0.349 e. The number of benzene rings is 4. The highest BCUT2D eigenvalue weighted by Crippen LogP contribution is 2.33. The first-order valence-corrected chi connectivity index (χ1v) is 9.06. The Morgan fingerprint density at radius 3 is 1.64 bits per heavy atom. The van der Waals surface area contributed by atoms with Crippen LogP contribution in [0.4, 0.5) is 5.69 Å². The first-order chi connectivity index (χ1) is 13.7. The molecule has 1 aromatic heterocycles. The molecule has 0 aliphatic heterocycles. The third kappa shape index (κ3) is 2.47. The zero-order valence-corrected chi connectivity index (χ0v) is 14.9. The Bertz CT molecular complexity index is 1450. The van der Waals surface area contributed by atoms with Crippen molar-refractivity contribution in [3.63, 3.8) is 0 Å². The molecule has 1 N–H and O–H groups in total. The smallest absolute Gasteiger partial charge is 0.293 e. The predicted molar refractivity (Wildman–Crippen MR) is 115 cm³/mol. The standard InChI is InChI=1S/C24H16N2O2/c27-26(28)23-15-7-13-21-19-11-4-2-9-17(19)16-8-1-3-10-18(16)20-12-5-6-14-22(20)25-24(21)23/h1-15,25H. The van der Waals surface area contributed by atoms with Gasteiger partial charge in [0.1, 0.15) is 5.52 Å². The summed E-state index contributed by atoms with van der Waals surface area (Å²) in [6, 6.07) is 29.5. The Labute approximate surface area is 160 Å². The van der Waals surface area contributed by atoms with Gasteiger partial charge in [-0.15, -0.1) is 0 Å². The lowest BCUT2D eigenvalue weighted by Crippen LogP contribution is -1.90. The Balaban J connectivity index is 2.26. The number of para-hydroxylation sites is 2. The molecule has 0 aliphatic carbocycles. The fraction of sp³-hybridized carbons (Fsp3) is 0. The molecule has 0 spiro atoms. The summed E-state index contributed by atoms with van der Waals surface area (Å²) in [6.45, 7) is 0. The van der Waals surface area contributed by atoms with Gasteiger partial charge in [-0.3, -0.25) is 10.1 Å². The quantitative estimate of drug-likeness (QED) is 0.267. The highest BCUT2D eigenvalue weighted by Gasteiger charge is 2.13. The fourth-order valence-electron chi connectivity index (χ4n) is 3.92. The summed E-state index contributed by atoms with van der Waals surface area (Å²) >= 11 is 0. The molecule has 0 bridgehead atoms. The Morgan fingerprint density at radius 1 is 0.571 bits per heavy atom. The molecule has 0 saturated heterocycles. The van der Waals surface area contributed by atoms with Gasteiger partial charge in [-0.1, -0.05) is 78.9 Å². The third-order valence-corrected chi connectivity index (χ3v) is 5.15. The first-order valence-electron chi connectivity index (χ1n) is 9.06. The Morgan fingerprint density at radius 2 is 1.04 bits per heavy atom. The average Bonchev–Trinajstić information content (AvgIpc) is 2.78. The summed E-state index contributed by atoms with van der Waals surface area (Å²) in [5.41, 5.74) is 1.42. The maximum atomic E-state index is 11.8. The lowest BCUT2D eigenvalue weighted by molar-refractivity contribution is -0.383. The second-order valence-electron chi connectivity index (χ2n) is 6.72. The Kier molecular flexibility index (Phi) is 3.69. The maximum absolute atomic E-state index is 11.8. The number of nitro benzene ring substituents is 1. The van der Waals surface area contributed by atoms with Crippen molar-refractivity contribution in [2.24, 2.45) is 0 Å². The van der Waals surface area contributed by atoms with Gasteiger partial charge in [-0.05, 0) is 27.6 Å². The number of non-ortho nitro benzene ring substituents is 1. The number of hydrogen-bond acceptors (Lipinski definition) is 2. The van der Waals surface area contributed by atoms with Crippen molar-refractivity contribution < 1.29 is 4.92 Å². The van der Waals surface area contributed by atoms with Crippen LogP contribution in [0.1, 0.15) is 0 Å². The molecular formula is C24H16N2O2. The number of aromatic amines is 1. The molecule has 0 aliphatic rings. The molecule has 5 rings (SSSR count). The van der Waals surface area contributed by atoms with Crippen LogP contribution in [-0.4, -0.2) is 9.91 Å². The molecule has 4 heteroatoms. The topological polar surface area (TPSA) is 58.9 Å². The molecule has 4 aromatic carbocycles. The second-order valence-corrected chi connectivity index (χ2v) is 6.72. The van der Waals surface area contributed by atoms with Crippen LogP contribution >= 0.6 is 0 Å². The monoisotopic (exact) mass is 364 g/mol. The van der Waals surface area contributed by atoms with Crippen molar-refractivity contribution in [3.8, 4) is 0 Å². The summed E-state index contributed by atoms with van der Waals surface area (Å²) in [6.07, 6.45) is 0. The highest BCUT2D eigenvalue weighted by atomic mass is 16.6. The van der Waals surface area contributed by atoms with Gasteiger partial charge in [-0.25, -0.2) is 0 Å². The maximum Gasteiger partial charge on any atom is 0.293 e. The van der Waals surface area contributed by atoms with Crippen molar-refractivity contribution >= 4 is 49.0 Å². The molecule has 5 aromatic rings. The number of nitrogens with zero attached hydrogens (tertiary/aromatic N) is 1.